The summed E-state index contributed by atoms with van der Waals surface area (Å²) in [6.45, 7) is 4.29. The van der Waals surface area contributed by atoms with Crippen LogP contribution in [0.4, 0.5) is 0 Å². The summed E-state index contributed by atoms with van der Waals surface area (Å²) < 4.78 is 0. The smallest absolute Gasteiger partial charge is 0.327 e. The van der Waals surface area contributed by atoms with E-state index in [0.29, 0.717) is 6.42 Å². The Morgan fingerprint density at radius 2 is 0.824 bits per heavy atom. The molecule has 0 aromatic carbocycles. The molecule has 0 aromatic heterocycles. The summed E-state index contributed by atoms with van der Waals surface area (Å²) in [5.41, 5.74) is 0. The lowest BCUT2D eigenvalue weighted by Gasteiger charge is -2.04. The molecule has 202 valence electrons. The monoisotopic (exact) mass is 482 g/mol. The number of carbonyl (C=O) groups is 2. The first-order chi connectivity index (χ1) is 16.5. The van der Waals surface area contributed by atoms with E-state index in [2.05, 4.69) is 6.92 Å². The van der Waals surface area contributed by atoms with Crippen LogP contribution in [0.15, 0.2) is 12.2 Å². The van der Waals surface area contributed by atoms with E-state index in [9.17, 15) is 9.59 Å². The molecule has 0 aliphatic carbocycles. The Morgan fingerprint density at radius 1 is 0.500 bits per heavy atom. The standard InChI is InChI=1S/C24H48O2.C6H10O2/c1-2-3-4-5-6-7-8-9-10-11-12-13-14-15-16-17-18-19-20-21-22-23-24(25)26;1-2-3-4-5-6(7)8/h2-23H2,1H3,(H,25,26);4-5H,2-3H2,1H3,(H,7,8). The molecule has 0 spiro atoms. The molecule has 2 N–H and O–H groups in total. The van der Waals surface area contributed by atoms with Crippen LogP contribution in [0.3, 0.4) is 0 Å². The minimum atomic E-state index is -0.863. The first-order valence-electron chi connectivity index (χ1n) is 14.7. The van der Waals surface area contributed by atoms with Gasteiger partial charge in [0.25, 0.3) is 0 Å². The first kappa shape index (κ1) is 34.8. The zero-order valence-electron chi connectivity index (χ0n) is 22.8. The van der Waals surface area contributed by atoms with Gasteiger partial charge in [0.15, 0.2) is 0 Å². The van der Waals surface area contributed by atoms with E-state index in [4.69, 9.17) is 10.2 Å². The topological polar surface area (TPSA) is 74.6 Å². The lowest BCUT2D eigenvalue weighted by Crippen LogP contribution is -1.93. The molecule has 0 saturated carbocycles. The van der Waals surface area contributed by atoms with Crippen LogP contribution in [0.25, 0.3) is 0 Å². The van der Waals surface area contributed by atoms with E-state index in [1.54, 1.807) is 6.08 Å². The molecular formula is C30H58O4. The van der Waals surface area contributed by atoms with Crippen molar-refractivity contribution in [3.8, 4) is 0 Å². The molecule has 4 nitrogen and oxygen atoms in total. The molecular weight excluding hydrogens is 424 g/mol. The van der Waals surface area contributed by atoms with Gasteiger partial charge in [-0.1, -0.05) is 155 Å². The molecule has 0 radical (unpaired) electrons. The Balaban J connectivity index is 0. The third-order valence-corrected chi connectivity index (χ3v) is 6.21. The summed E-state index contributed by atoms with van der Waals surface area (Å²) in [6.07, 6.45) is 33.7. The van der Waals surface area contributed by atoms with Crippen molar-refractivity contribution in [1.82, 2.24) is 0 Å². The Kier molecular flexibility index (Phi) is 32.5. The van der Waals surface area contributed by atoms with Gasteiger partial charge in [-0.2, -0.15) is 0 Å². The molecule has 0 aromatic rings. The molecule has 0 atom stereocenters. The van der Waals surface area contributed by atoms with Crippen molar-refractivity contribution in [3.63, 3.8) is 0 Å². The largest absolute Gasteiger partial charge is 0.481 e. The van der Waals surface area contributed by atoms with Gasteiger partial charge < -0.3 is 10.2 Å². The van der Waals surface area contributed by atoms with Gasteiger partial charge in [-0.3, -0.25) is 4.79 Å². The highest BCUT2D eigenvalue weighted by Crippen LogP contribution is 2.15. The Bertz CT molecular complexity index is 445. The van der Waals surface area contributed by atoms with E-state index in [-0.39, 0.29) is 0 Å². The number of carboxylic acids is 2. The number of allylic oxidation sites excluding steroid dienone is 1. The molecule has 0 fully saturated rings. The number of unbranched alkanes of at least 4 members (excludes halogenated alkanes) is 21. The summed E-state index contributed by atoms with van der Waals surface area (Å²) >= 11 is 0. The summed E-state index contributed by atoms with van der Waals surface area (Å²) in [5.74, 6) is -1.51. The van der Waals surface area contributed by atoms with Crippen LogP contribution < -0.4 is 0 Å². The lowest BCUT2D eigenvalue weighted by molar-refractivity contribution is -0.137. The molecule has 0 aliphatic heterocycles. The van der Waals surface area contributed by atoms with Gasteiger partial charge in [0.2, 0.25) is 0 Å². The van der Waals surface area contributed by atoms with Crippen molar-refractivity contribution in [2.75, 3.05) is 0 Å². The van der Waals surface area contributed by atoms with Crippen molar-refractivity contribution in [1.29, 1.82) is 0 Å². The van der Waals surface area contributed by atoms with Gasteiger partial charge in [0, 0.05) is 12.5 Å². The van der Waals surface area contributed by atoms with Gasteiger partial charge in [-0.05, 0) is 12.8 Å². The molecule has 0 heterocycles. The van der Waals surface area contributed by atoms with Crippen molar-refractivity contribution in [3.05, 3.63) is 12.2 Å². The second-order valence-corrected chi connectivity index (χ2v) is 9.74. The van der Waals surface area contributed by atoms with Gasteiger partial charge in [-0.15, -0.1) is 0 Å². The van der Waals surface area contributed by atoms with Crippen LogP contribution >= 0.6 is 0 Å². The van der Waals surface area contributed by atoms with E-state index in [1.807, 2.05) is 6.92 Å². The fraction of sp³-hybridized carbons (Fsp3) is 0.867. The zero-order valence-corrected chi connectivity index (χ0v) is 22.8. The average molecular weight is 483 g/mol. The maximum atomic E-state index is 10.4. The molecule has 34 heavy (non-hydrogen) atoms. The van der Waals surface area contributed by atoms with Crippen LogP contribution in [0.2, 0.25) is 0 Å². The lowest BCUT2D eigenvalue weighted by atomic mass is 10.0. The quantitative estimate of drug-likeness (QED) is 0.100. The second kappa shape index (κ2) is 31.7. The Labute approximate surface area is 212 Å². The SMILES string of the molecule is CCCC=CC(=O)O.CCCCCCCCCCCCCCCCCCCCCCCC(=O)O. The Morgan fingerprint density at radius 3 is 1.09 bits per heavy atom. The maximum absolute atomic E-state index is 10.4. The minimum absolute atomic E-state index is 0.346. The summed E-state index contributed by atoms with van der Waals surface area (Å²) in [7, 11) is 0. The number of hydrogen-bond donors (Lipinski definition) is 2. The van der Waals surface area contributed by atoms with Crippen molar-refractivity contribution in [2.45, 2.75) is 168 Å². The number of hydrogen-bond acceptors (Lipinski definition) is 2. The average Bonchev–Trinajstić information content (AvgIpc) is 2.80. The normalized spacial score (nSPS) is 10.9. The van der Waals surface area contributed by atoms with Crippen LogP contribution in [0, 0.1) is 0 Å². The van der Waals surface area contributed by atoms with Crippen LogP contribution in [0.5, 0.6) is 0 Å². The molecule has 4 heteroatoms. The van der Waals surface area contributed by atoms with Crippen molar-refractivity contribution < 1.29 is 19.8 Å². The fourth-order valence-corrected chi connectivity index (χ4v) is 4.06. The van der Waals surface area contributed by atoms with E-state index in [1.165, 1.54) is 128 Å². The van der Waals surface area contributed by atoms with Crippen LogP contribution in [-0.2, 0) is 9.59 Å². The van der Waals surface area contributed by atoms with E-state index in [0.717, 1.165) is 25.7 Å². The Hall–Kier alpha value is -1.32. The predicted molar refractivity (Wildman–Crippen MR) is 147 cm³/mol. The molecule has 0 rings (SSSR count). The number of aliphatic carboxylic acids is 2. The highest BCUT2D eigenvalue weighted by molar-refractivity contribution is 5.79. The van der Waals surface area contributed by atoms with Gasteiger partial charge >= 0.3 is 11.9 Å². The predicted octanol–water partition coefficient (Wildman–Crippen LogP) is 10.1. The highest BCUT2D eigenvalue weighted by atomic mass is 16.4. The van der Waals surface area contributed by atoms with Crippen LogP contribution in [-0.4, -0.2) is 22.2 Å². The van der Waals surface area contributed by atoms with Gasteiger partial charge in [0.1, 0.15) is 0 Å². The molecule has 0 unspecified atom stereocenters. The summed E-state index contributed by atoms with van der Waals surface area (Å²) in [6, 6.07) is 0. The summed E-state index contributed by atoms with van der Waals surface area (Å²) in [4.78, 5) is 20.2. The van der Waals surface area contributed by atoms with Gasteiger partial charge in [-0.25, -0.2) is 4.79 Å². The first-order valence-corrected chi connectivity index (χ1v) is 14.7. The molecule has 0 bridgehead atoms. The summed E-state index contributed by atoms with van der Waals surface area (Å²) in [5, 5.41) is 16.6. The molecule has 0 aliphatic rings. The second-order valence-electron chi connectivity index (χ2n) is 9.74. The highest BCUT2D eigenvalue weighted by Gasteiger charge is 1.97. The third-order valence-electron chi connectivity index (χ3n) is 6.21. The minimum Gasteiger partial charge on any atom is -0.481 e. The third kappa shape index (κ3) is 38.0. The van der Waals surface area contributed by atoms with Crippen molar-refractivity contribution in [2.24, 2.45) is 0 Å². The van der Waals surface area contributed by atoms with E-state index < -0.39 is 11.9 Å². The fourth-order valence-electron chi connectivity index (χ4n) is 4.06. The number of rotatable bonds is 25. The van der Waals surface area contributed by atoms with Gasteiger partial charge in [0.05, 0.1) is 0 Å². The van der Waals surface area contributed by atoms with E-state index >= 15 is 0 Å². The van der Waals surface area contributed by atoms with Crippen LogP contribution in [0.1, 0.15) is 168 Å². The molecule has 0 amide bonds. The number of carboxylic acid groups (broad SMARTS) is 2. The molecule has 0 saturated heterocycles. The maximum Gasteiger partial charge on any atom is 0.327 e. The zero-order chi connectivity index (χ0) is 25.5. The van der Waals surface area contributed by atoms with Crippen molar-refractivity contribution >= 4 is 11.9 Å².